The van der Waals surface area contributed by atoms with Gasteiger partial charge in [-0.1, -0.05) is 0 Å². The van der Waals surface area contributed by atoms with Gasteiger partial charge in [-0.05, 0) is 31.0 Å². The lowest BCUT2D eigenvalue weighted by Crippen LogP contribution is -2.22. The molecule has 0 aliphatic carbocycles. The van der Waals surface area contributed by atoms with Crippen molar-refractivity contribution in [3.05, 3.63) is 23.8 Å². The lowest BCUT2D eigenvalue weighted by Gasteiger charge is -2.23. The number of carbonyl (C=O) groups is 2. The molecule has 0 unspecified atom stereocenters. The standard InChI is InChI=1S/C17H21F3N2O3S/c1-25-16(24)6-9-26-11-15(23)21-13-10-12(17(18,19)20)4-5-14(13)22-7-2-3-8-22/h4-5,10H,2-3,6-9,11H2,1H3,(H,21,23). The van der Waals surface area contributed by atoms with Gasteiger partial charge in [-0.3, -0.25) is 9.59 Å². The minimum absolute atomic E-state index is 0.0483. The van der Waals surface area contributed by atoms with E-state index in [0.717, 1.165) is 38.1 Å². The minimum Gasteiger partial charge on any atom is -0.469 e. The number of carbonyl (C=O) groups excluding carboxylic acids is 2. The van der Waals surface area contributed by atoms with Crippen LogP contribution < -0.4 is 10.2 Å². The number of rotatable bonds is 7. The molecular weight excluding hydrogens is 369 g/mol. The van der Waals surface area contributed by atoms with Crippen LogP contribution in [0.3, 0.4) is 0 Å². The van der Waals surface area contributed by atoms with E-state index in [-0.39, 0.29) is 23.8 Å². The number of thioether (sulfide) groups is 1. The second-order valence-electron chi connectivity index (χ2n) is 5.85. The summed E-state index contributed by atoms with van der Waals surface area (Å²) in [4.78, 5) is 25.1. The van der Waals surface area contributed by atoms with Crippen molar-refractivity contribution in [2.75, 3.05) is 41.9 Å². The Kier molecular flexibility index (Phi) is 7.19. The highest BCUT2D eigenvalue weighted by molar-refractivity contribution is 7.99. The molecule has 0 saturated carbocycles. The van der Waals surface area contributed by atoms with Crippen molar-refractivity contribution in [3.63, 3.8) is 0 Å². The first-order valence-electron chi connectivity index (χ1n) is 8.22. The highest BCUT2D eigenvalue weighted by atomic mass is 32.2. The molecule has 1 fully saturated rings. The second-order valence-corrected chi connectivity index (χ2v) is 6.96. The summed E-state index contributed by atoms with van der Waals surface area (Å²) in [6, 6.07) is 3.42. The van der Waals surface area contributed by atoms with Crippen LogP contribution in [0.5, 0.6) is 0 Å². The van der Waals surface area contributed by atoms with Gasteiger partial charge < -0.3 is 15.0 Å². The van der Waals surface area contributed by atoms with Gasteiger partial charge in [0.05, 0.1) is 36.2 Å². The molecule has 0 bridgehead atoms. The molecule has 9 heteroatoms. The zero-order valence-corrected chi connectivity index (χ0v) is 15.2. The van der Waals surface area contributed by atoms with Crippen LogP contribution in [0.4, 0.5) is 24.5 Å². The van der Waals surface area contributed by atoms with Gasteiger partial charge in [0.15, 0.2) is 0 Å². The van der Waals surface area contributed by atoms with Gasteiger partial charge in [-0.2, -0.15) is 24.9 Å². The van der Waals surface area contributed by atoms with Crippen molar-refractivity contribution in [1.29, 1.82) is 0 Å². The number of anilines is 2. The van der Waals surface area contributed by atoms with E-state index in [4.69, 9.17) is 0 Å². The quantitative estimate of drug-likeness (QED) is 0.570. The van der Waals surface area contributed by atoms with Crippen molar-refractivity contribution in [3.8, 4) is 0 Å². The maximum absolute atomic E-state index is 13.0. The van der Waals surface area contributed by atoms with Crippen molar-refractivity contribution in [2.24, 2.45) is 0 Å². The van der Waals surface area contributed by atoms with E-state index in [9.17, 15) is 22.8 Å². The van der Waals surface area contributed by atoms with E-state index >= 15 is 0 Å². The molecule has 1 aromatic rings. The third-order valence-electron chi connectivity index (χ3n) is 3.96. The Hall–Kier alpha value is -1.90. The van der Waals surface area contributed by atoms with Crippen molar-refractivity contribution >= 4 is 35.0 Å². The van der Waals surface area contributed by atoms with Gasteiger partial charge in [-0.25, -0.2) is 0 Å². The van der Waals surface area contributed by atoms with Gasteiger partial charge in [0.2, 0.25) is 5.91 Å². The largest absolute Gasteiger partial charge is 0.469 e. The Morgan fingerprint density at radius 1 is 1.27 bits per heavy atom. The highest BCUT2D eigenvalue weighted by Crippen LogP contribution is 2.36. The SMILES string of the molecule is COC(=O)CCSCC(=O)Nc1cc(C(F)(F)F)ccc1N1CCCC1. The first-order valence-corrected chi connectivity index (χ1v) is 9.37. The number of nitrogens with one attached hydrogen (secondary N) is 1. The van der Waals surface area contributed by atoms with Crippen LogP contribution in [0.15, 0.2) is 18.2 Å². The summed E-state index contributed by atoms with van der Waals surface area (Å²) in [6.07, 6.45) is -2.36. The Bertz CT molecular complexity index is 647. The molecule has 5 nitrogen and oxygen atoms in total. The third-order valence-corrected chi connectivity index (χ3v) is 4.92. The molecule has 26 heavy (non-hydrogen) atoms. The van der Waals surface area contributed by atoms with Crippen LogP contribution in [-0.2, 0) is 20.5 Å². The molecule has 0 atom stereocenters. The Morgan fingerprint density at radius 2 is 1.96 bits per heavy atom. The molecule has 1 amide bonds. The van der Waals surface area contributed by atoms with Gasteiger partial charge in [0.1, 0.15) is 0 Å². The van der Waals surface area contributed by atoms with Crippen LogP contribution in [0, 0.1) is 0 Å². The smallest absolute Gasteiger partial charge is 0.416 e. The van der Waals surface area contributed by atoms with E-state index in [1.165, 1.54) is 24.9 Å². The summed E-state index contributed by atoms with van der Waals surface area (Å²) in [5.41, 5.74) is -0.0298. The number of nitrogens with zero attached hydrogens (tertiary/aromatic N) is 1. The molecule has 1 aromatic carbocycles. The van der Waals surface area contributed by atoms with Crippen molar-refractivity contribution in [2.45, 2.75) is 25.4 Å². The zero-order chi connectivity index (χ0) is 19.2. The summed E-state index contributed by atoms with van der Waals surface area (Å²) in [5.74, 6) is -0.319. The van der Waals surface area contributed by atoms with Gasteiger partial charge >= 0.3 is 12.1 Å². The van der Waals surface area contributed by atoms with E-state index in [2.05, 4.69) is 10.1 Å². The predicted octanol–water partition coefficient (Wildman–Crippen LogP) is 3.54. The molecule has 1 heterocycles. The molecule has 1 aliphatic rings. The summed E-state index contributed by atoms with van der Waals surface area (Å²) in [5, 5.41) is 2.58. The Balaban J connectivity index is 2.04. The van der Waals surface area contributed by atoms with Gasteiger partial charge in [0, 0.05) is 18.8 Å². The van der Waals surface area contributed by atoms with Crippen LogP contribution in [0.25, 0.3) is 0 Å². The minimum atomic E-state index is -4.47. The molecule has 144 valence electrons. The van der Waals surface area contributed by atoms with Crippen LogP contribution in [0.2, 0.25) is 0 Å². The monoisotopic (exact) mass is 390 g/mol. The number of hydrogen-bond acceptors (Lipinski definition) is 5. The fourth-order valence-electron chi connectivity index (χ4n) is 2.65. The first kappa shape index (κ1) is 20.4. The number of benzene rings is 1. The van der Waals surface area contributed by atoms with E-state index < -0.39 is 17.6 Å². The summed E-state index contributed by atoms with van der Waals surface area (Å²) < 4.78 is 43.5. The van der Waals surface area contributed by atoms with Gasteiger partial charge in [0.25, 0.3) is 0 Å². The average Bonchev–Trinajstić information content (AvgIpc) is 3.12. The zero-order valence-electron chi connectivity index (χ0n) is 14.4. The maximum atomic E-state index is 13.0. The number of esters is 1. The third kappa shape index (κ3) is 5.82. The fourth-order valence-corrected chi connectivity index (χ4v) is 3.37. The Labute approximate surface area is 154 Å². The molecule has 1 saturated heterocycles. The molecule has 0 aromatic heterocycles. The van der Waals surface area contributed by atoms with E-state index in [1.54, 1.807) is 0 Å². The number of methoxy groups -OCH3 is 1. The van der Waals surface area contributed by atoms with Crippen molar-refractivity contribution < 1.29 is 27.5 Å². The summed E-state index contributed by atoms with van der Waals surface area (Å²) in [7, 11) is 1.28. The second kappa shape index (κ2) is 9.16. The Morgan fingerprint density at radius 3 is 2.58 bits per heavy atom. The highest BCUT2D eigenvalue weighted by Gasteiger charge is 2.32. The topological polar surface area (TPSA) is 58.6 Å². The molecular formula is C17H21F3N2O3S. The summed E-state index contributed by atoms with van der Waals surface area (Å²) in [6.45, 7) is 1.50. The first-order chi connectivity index (χ1) is 12.3. The van der Waals surface area contributed by atoms with Crippen LogP contribution >= 0.6 is 11.8 Å². The average molecular weight is 390 g/mol. The lowest BCUT2D eigenvalue weighted by atomic mass is 10.1. The molecule has 1 N–H and O–H groups in total. The maximum Gasteiger partial charge on any atom is 0.416 e. The lowest BCUT2D eigenvalue weighted by molar-refractivity contribution is -0.140. The van der Waals surface area contributed by atoms with Crippen LogP contribution in [-0.4, -0.2) is 43.6 Å². The van der Waals surface area contributed by atoms with E-state index in [0.29, 0.717) is 11.4 Å². The fraction of sp³-hybridized carbons (Fsp3) is 0.529. The molecule has 1 aliphatic heterocycles. The number of alkyl halides is 3. The van der Waals surface area contributed by atoms with Crippen molar-refractivity contribution in [1.82, 2.24) is 0 Å². The predicted molar refractivity (Wildman–Crippen MR) is 95.5 cm³/mol. The summed E-state index contributed by atoms with van der Waals surface area (Å²) >= 11 is 1.22. The number of halogens is 3. The van der Waals surface area contributed by atoms with Gasteiger partial charge in [-0.15, -0.1) is 0 Å². The number of ether oxygens (including phenoxy) is 1. The molecule has 0 radical (unpaired) electrons. The number of amides is 1. The van der Waals surface area contributed by atoms with Crippen LogP contribution in [0.1, 0.15) is 24.8 Å². The number of hydrogen-bond donors (Lipinski definition) is 1. The molecule has 2 rings (SSSR count). The van der Waals surface area contributed by atoms with E-state index in [1.807, 2.05) is 4.90 Å². The molecule has 0 spiro atoms. The normalized spacial score (nSPS) is 14.4.